The molecule has 1 aromatic carbocycles. The van der Waals surface area contributed by atoms with Gasteiger partial charge in [0.25, 0.3) is 0 Å². The van der Waals surface area contributed by atoms with E-state index in [0.717, 1.165) is 23.4 Å². The number of aromatic nitrogens is 2. The fourth-order valence-corrected chi connectivity index (χ4v) is 1.64. The van der Waals surface area contributed by atoms with Crippen LogP contribution < -0.4 is 10.5 Å². The zero-order valence-electron chi connectivity index (χ0n) is 9.97. The average Bonchev–Trinajstić information content (AvgIpc) is 2.85. The molecule has 4 nitrogen and oxygen atoms in total. The van der Waals surface area contributed by atoms with E-state index in [4.69, 9.17) is 10.5 Å². The van der Waals surface area contributed by atoms with Crippen LogP contribution in [0.15, 0.2) is 36.7 Å². The number of hydrogen-bond acceptors (Lipinski definition) is 3. The van der Waals surface area contributed by atoms with Crippen LogP contribution in [0.4, 0.5) is 0 Å². The van der Waals surface area contributed by atoms with Crippen LogP contribution in [-0.4, -0.2) is 16.4 Å². The summed E-state index contributed by atoms with van der Waals surface area (Å²) in [4.78, 5) is 0. The van der Waals surface area contributed by atoms with Gasteiger partial charge in [0.05, 0.1) is 24.7 Å². The van der Waals surface area contributed by atoms with Crippen molar-refractivity contribution in [3.63, 3.8) is 0 Å². The lowest BCUT2D eigenvalue weighted by Crippen LogP contribution is -2.04. The SMILES string of the molecule is CCCOc1cnn(-c2ccccc2CN)c1. The third-order valence-corrected chi connectivity index (χ3v) is 2.49. The molecule has 1 aromatic heterocycles. The van der Waals surface area contributed by atoms with Gasteiger partial charge in [0.1, 0.15) is 0 Å². The van der Waals surface area contributed by atoms with Crippen LogP contribution in [0.25, 0.3) is 5.69 Å². The highest BCUT2D eigenvalue weighted by Gasteiger charge is 2.05. The van der Waals surface area contributed by atoms with Crippen molar-refractivity contribution in [3.8, 4) is 11.4 Å². The number of hydrogen-bond donors (Lipinski definition) is 1. The lowest BCUT2D eigenvalue weighted by molar-refractivity contribution is 0.317. The van der Waals surface area contributed by atoms with Gasteiger partial charge >= 0.3 is 0 Å². The van der Waals surface area contributed by atoms with E-state index in [2.05, 4.69) is 12.0 Å². The lowest BCUT2D eigenvalue weighted by Gasteiger charge is -2.06. The van der Waals surface area contributed by atoms with Gasteiger partial charge < -0.3 is 10.5 Å². The van der Waals surface area contributed by atoms with E-state index in [0.29, 0.717) is 13.2 Å². The van der Waals surface area contributed by atoms with E-state index >= 15 is 0 Å². The zero-order valence-corrected chi connectivity index (χ0v) is 9.97. The van der Waals surface area contributed by atoms with Crippen molar-refractivity contribution in [3.05, 3.63) is 42.2 Å². The topological polar surface area (TPSA) is 53.1 Å². The molecule has 1 heterocycles. The zero-order chi connectivity index (χ0) is 12.1. The van der Waals surface area contributed by atoms with E-state index in [9.17, 15) is 0 Å². The Morgan fingerprint density at radius 3 is 2.94 bits per heavy atom. The van der Waals surface area contributed by atoms with Gasteiger partial charge in [0.15, 0.2) is 5.75 Å². The maximum atomic E-state index is 5.70. The Morgan fingerprint density at radius 2 is 2.18 bits per heavy atom. The van der Waals surface area contributed by atoms with Crippen LogP contribution in [0.3, 0.4) is 0 Å². The number of ether oxygens (including phenoxy) is 1. The molecular weight excluding hydrogens is 214 g/mol. The van der Waals surface area contributed by atoms with E-state index in [-0.39, 0.29) is 0 Å². The second-order valence-corrected chi connectivity index (χ2v) is 3.80. The predicted octanol–water partition coefficient (Wildman–Crippen LogP) is 2.12. The molecule has 0 bridgehead atoms. The summed E-state index contributed by atoms with van der Waals surface area (Å²) in [6, 6.07) is 7.95. The van der Waals surface area contributed by atoms with Crippen molar-refractivity contribution in [1.82, 2.24) is 9.78 Å². The summed E-state index contributed by atoms with van der Waals surface area (Å²) >= 11 is 0. The second kappa shape index (κ2) is 5.50. The molecule has 2 rings (SSSR count). The van der Waals surface area contributed by atoms with Gasteiger partial charge in [-0.3, -0.25) is 0 Å². The monoisotopic (exact) mass is 231 g/mol. The molecule has 0 unspecified atom stereocenters. The van der Waals surface area contributed by atoms with Crippen molar-refractivity contribution in [1.29, 1.82) is 0 Å². The standard InChI is InChI=1S/C13H17N3O/c1-2-7-17-12-9-15-16(10-12)13-6-4-3-5-11(13)8-14/h3-6,9-10H,2,7-8,14H2,1H3. The van der Waals surface area contributed by atoms with Crippen LogP contribution in [0.1, 0.15) is 18.9 Å². The van der Waals surface area contributed by atoms with Gasteiger partial charge in [0, 0.05) is 6.54 Å². The second-order valence-electron chi connectivity index (χ2n) is 3.80. The van der Waals surface area contributed by atoms with Gasteiger partial charge in [-0.05, 0) is 18.1 Å². The molecule has 17 heavy (non-hydrogen) atoms. The summed E-state index contributed by atoms with van der Waals surface area (Å²) in [6.07, 6.45) is 4.59. The molecule has 0 aliphatic heterocycles. The largest absolute Gasteiger partial charge is 0.490 e. The minimum Gasteiger partial charge on any atom is -0.490 e. The Hall–Kier alpha value is -1.81. The van der Waals surface area contributed by atoms with Gasteiger partial charge in [-0.1, -0.05) is 25.1 Å². The van der Waals surface area contributed by atoms with E-state index < -0.39 is 0 Å². The molecule has 0 radical (unpaired) electrons. The fourth-order valence-electron chi connectivity index (χ4n) is 1.64. The van der Waals surface area contributed by atoms with Crippen LogP contribution in [0, 0.1) is 0 Å². The lowest BCUT2D eigenvalue weighted by atomic mass is 10.2. The van der Waals surface area contributed by atoms with Crippen molar-refractivity contribution in [2.45, 2.75) is 19.9 Å². The van der Waals surface area contributed by atoms with Crippen LogP contribution in [0.5, 0.6) is 5.75 Å². The first-order valence-corrected chi connectivity index (χ1v) is 5.81. The Morgan fingerprint density at radius 1 is 1.35 bits per heavy atom. The Kier molecular flexibility index (Phi) is 3.77. The molecule has 2 aromatic rings. The molecular formula is C13H17N3O. The van der Waals surface area contributed by atoms with Crippen LogP contribution in [-0.2, 0) is 6.54 Å². The number of benzene rings is 1. The highest BCUT2D eigenvalue weighted by Crippen LogP contribution is 2.17. The summed E-state index contributed by atoms with van der Waals surface area (Å²) in [5, 5.41) is 4.28. The molecule has 0 aliphatic rings. The number of nitrogens with two attached hydrogens (primary N) is 1. The maximum Gasteiger partial charge on any atom is 0.157 e. The third-order valence-electron chi connectivity index (χ3n) is 2.49. The highest BCUT2D eigenvalue weighted by atomic mass is 16.5. The predicted molar refractivity (Wildman–Crippen MR) is 67.2 cm³/mol. The molecule has 90 valence electrons. The minimum atomic E-state index is 0.501. The van der Waals surface area contributed by atoms with Crippen molar-refractivity contribution >= 4 is 0 Å². The number of para-hydroxylation sites is 1. The quantitative estimate of drug-likeness (QED) is 0.857. The third kappa shape index (κ3) is 2.65. The summed E-state index contributed by atoms with van der Waals surface area (Å²) in [7, 11) is 0. The molecule has 0 saturated heterocycles. The summed E-state index contributed by atoms with van der Waals surface area (Å²) < 4.78 is 7.32. The normalized spacial score (nSPS) is 10.5. The average molecular weight is 231 g/mol. The van der Waals surface area contributed by atoms with E-state index in [1.807, 2.05) is 30.5 Å². The first kappa shape index (κ1) is 11.7. The molecule has 0 aliphatic carbocycles. The molecule has 2 N–H and O–H groups in total. The summed E-state index contributed by atoms with van der Waals surface area (Å²) in [5.41, 5.74) is 7.77. The van der Waals surface area contributed by atoms with Gasteiger partial charge in [-0.15, -0.1) is 0 Å². The van der Waals surface area contributed by atoms with Crippen molar-refractivity contribution in [2.75, 3.05) is 6.61 Å². The first-order chi connectivity index (χ1) is 8.35. The van der Waals surface area contributed by atoms with E-state index in [1.165, 1.54) is 0 Å². The molecule has 0 fully saturated rings. The summed E-state index contributed by atoms with van der Waals surface area (Å²) in [6.45, 7) is 3.29. The highest BCUT2D eigenvalue weighted by molar-refractivity contribution is 5.41. The number of rotatable bonds is 5. The van der Waals surface area contributed by atoms with Crippen LogP contribution >= 0.6 is 0 Å². The Labute approximate surface area is 101 Å². The van der Waals surface area contributed by atoms with Crippen LogP contribution in [0.2, 0.25) is 0 Å². The van der Waals surface area contributed by atoms with Gasteiger partial charge in [-0.2, -0.15) is 5.10 Å². The molecule has 4 heteroatoms. The summed E-state index contributed by atoms with van der Waals surface area (Å²) in [5.74, 6) is 0.790. The first-order valence-electron chi connectivity index (χ1n) is 5.81. The molecule has 0 atom stereocenters. The van der Waals surface area contributed by atoms with Gasteiger partial charge in [0.2, 0.25) is 0 Å². The Balaban J connectivity index is 2.24. The van der Waals surface area contributed by atoms with Gasteiger partial charge in [-0.25, -0.2) is 4.68 Å². The minimum absolute atomic E-state index is 0.501. The van der Waals surface area contributed by atoms with Crippen molar-refractivity contribution < 1.29 is 4.74 Å². The Bertz CT molecular complexity index is 479. The van der Waals surface area contributed by atoms with E-state index in [1.54, 1.807) is 10.9 Å². The fraction of sp³-hybridized carbons (Fsp3) is 0.308. The molecule has 0 spiro atoms. The smallest absolute Gasteiger partial charge is 0.157 e. The number of nitrogens with zero attached hydrogens (tertiary/aromatic N) is 2. The van der Waals surface area contributed by atoms with Crippen molar-refractivity contribution in [2.24, 2.45) is 5.73 Å². The molecule has 0 amide bonds. The maximum absolute atomic E-state index is 5.70. The molecule has 0 saturated carbocycles.